The average molecular weight is 274 g/mol. The predicted molar refractivity (Wildman–Crippen MR) is 87.2 cm³/mol. The maximum absolute atomic E-state index is 3.49. The van der Waals surface area contributed by atoms with Gasteiger partial charge in [-0.25, -0.2) is 0 Å². The van der Waals surface area contributed by atoms with Crippen molar-refractivity contribution in [3.05, 3.63) is 34.4 Å². The third-order valence-electron chi connectivity index (χ3n) is 4.74. The molecule has 1 aliphatic rings. The summed E-state index contributed by atoms with van der Waals surface area (Å²) in [6, 6.07) is 4.72. The highest BCUT2D eigenvalue weighted by atomic mass is 15.1. The highest BCUT2D eigenvalue weighted by Gasteiger charge is 2.19. The van der Waals surface area contributed by atoms with Crippen molar-refractivity contribution in [2.45, 2.75) is 47.1 Å². The Hall–Kier alpha value is -0.860. The Kier molecular flexibility index (Phi) is 5.62. The molecule has 0 saturated carbocycles. The van der Waals surface area contributed by atoms with Crippen LogP contribution in [-0.2, 0) is 6.54 Å². The van der Waals surface area contributed by atoms with E-state index in [1.54, 1.807) is 0 Å². The minimum absolute atomic E-state index is 0.882. The third-order valence-corrected chi connectivity index (χ3v) is 4.74. The van der Waals surface area contributed by atoms with Gasteiger partial charge in [-0.15, -0.1) is 0 Å². The molecule has 1 N–H and O–H groups in total. The van der Waals surface area contributed by atoms with E-state index in [0.29, 0.717) is 0 Å². The van der Waals surface area contributed by atoms with E-state index in [9.17, 15) is 0 Å². The zero-order valence-electron chi connectivity index (χ0n) is 13.6. The molecule has 1 aromatic carbocycles. The van der Waals surface area contributed by atoms with E-state index in [1.165, 1.54) is 54.7 Å². The summed E-state index contributed by atoms with van der Waals surface area (Å²) < 4.78 is 0. The summed E-state index contributed by atoms with van der Waals surface area (Å²) in [5.41, 5.74) is 5.80. The summed E-state index contributed by atoms with van der Waals surface area (Å²) in [6.07, 6.45) is 2.69. The first-order valence-corrected chi connectivity index (χ1v) is 8.10. The van der Waals surface area contributed by atoms with Gasteiger partial charge in [0.25, 0.3) is 0 Å². The fraction of sp³-hybridized carbons (Fsp3) is 0.667. The monoisotopic (exact) mass is 274 g/mol. The lowest BCUT2D eigenvalue weighted by atomic mass is 9.95. The molecule has 2 rings (SSSR count). The Labute approximate surface area is 124 Å². The van der Waals surface area contributed by atoms with E-state index in [4.69, 9.17) is 0 Å². The molecule has 1 aliphatic heterocycles. The molecule has 112 valence electrons. The molecule has 1 fully saturated rings. The number of aryl methyl sites for hydroxylation is 3. The van der Waals surface area contributed by atoms with Gasteiger partial charge in [0.05, 0.1) is 0 Å². The number of nitrogens with one attached hydrogen (secondary N) is 1. The maximum atomic E-state index is 3.49. The number of likely N-dealkylation sites (tertiary alicyclic amines) is 1. The van der Waals surface area contributed by atoms with Crippen LogP contribution in [0.4, 0.5) is 0 Å². The van der Waals surface area contributed by atoms with Crippen LogP contribution >= 0.6 is 0 Å². The predicted octanol–water partition coefficient (Wildman–Crippen LogP) is 3.43. The highest BCUT2D eigenvalue weighted by Crippen LogP contribution is 2.21. The summed E-state index contributed by atoms with van der Waals surface area (Å²) in [5, 5.41) is 3.49. The SMILES string of the molecule is CCNCC1CCN(Cc2cc(C)c(C)cc2C)CC1. The molecule has 20 heavy (non-hydrogen) atoms. The van der Waals surface area contributed by atoms with Gasteiger partial charge < -0.3 is 5.32 Å². The minimum atomic E-state index is 0.882. The molecular weight excluding hydrogens is 244 g/mol. The second kappa shape index (κ2) is 7.24. The van der Waals surface area contributed by atoms with E-state index in [0.717, 1.165) is 19.0 Å². The lowest BCUT2D eigenvalue weighted by molar-refractivity contribution is 0.175. The van der Waals surface area contributed by atoms with Crippen molar-refractivity contribution in [2.75, 3.05) is 26.2 Å². The Bertz CT molecular complexity index is 431. The molecule has 2 heteroatoms. The van der Waals surface area contributed by atoms with Crippen molar-refractivity contribution in [3.8, 4) is 0 Å². The van der Waals surface area contributed by atoms with Crippen LogP contribution in [0.2, 0.25) is 0 Å². The lowest BCUT2D eigenvalue weighted by Crippen LogP contribution is -2.37. The second-order valence-corrected chi connectivity index (χ2v) is 6.39. The van der Waals surface area contributed by atoms with Crippen LogP contribution < -0.4 is 5.32 Å². The molecule has 1 aromatic rings. The number of hydrogen-bond donors (Lipinski definition) is 1. The van der Waals surface area contributed by atoms with Crippen molar-refractivity contribution in [2.24, 2.45) is 5.92 Å². The molecule has 0 aromatic heterocycles. The molecule has 0 spiro atoms. The summed E-state index contributed by atoms with van der Waals surface area (Å²) in [7, 11) is 0. The molecule has 0 aliphatic carbocycles. The van der Waals surface area contributed by atoms with Gasteiger partial charge in [0.15, 0.2) is 0 Å². The summed E-state index contributed by atoms with van der Waals surface area (Å²) in [6.45, 7) is 14.8. The van der Waals surface area contributed by atoms with E-state index in [1.807, 2.05) is 0 Å². The van der Waals surface area contributed by atoms with Crippen LogP contribution in [0.1, 0.15) is 42.0 Å². The van der Waals surface area contributed by atoms with Gasteiger partial charge in [-0.3, -0.25) is 4.90 Å². The standard InChI is InChI=1S/C18H30N2/c1-5-19-12-17-6-8-20(9-7-17)13-18-11-15(3)14(2)10-16(18)4/h10-11,17,19H,5-9,12-13H2,1-4H3. The largest absolute Gasteiger partial charge is 0.317 e. The molecule has 1 heterocycles. The third kappa shape index (κ3) is 4.07. The number of benzene rings is 1. The van der Waals surface area contributed by atoms with Gasteiger partial charge >= 0.3 is 0 Å². The number of hydrogen-bond acceptors (Lipinski definition) is 2. The molecule has 0 amide bonds. The van der Waals surface area contributed by atoms with E-state index < -0.39 is 0 Å². The zero-order chi connectivity index (χ0) is 14.5. The van der Waals surface area contributed by atoms with Crippen LogP contribution in [0.3, 0.4) is 0 Å². The molecular formula is C18H30N2. The lowest BCUT2D eigenvalue weighted by Gasteiger charge is -2.32. The van der Waals surface area contributed by atoms with Gasteiger partial charge in [-0.1, -0.05) is 19.1 Å². The van der Waals surface area contributed by atoms with E-state index in [-0.39, 0.29) is 0 Å². The molecule has 2 nitrogen and oxygen atoms in total. The van der Waals surface area contributed by atoms with Crippen LogP contribution in [0.25, 0.3) is 0 Å². The first-order valence-electron chi connectivity index (χ1n) is 8.10. The van der Waals surface area contributed by atoms with Crippen LogP contribution in [-0.4, -0.2) is 31.1 Å². The number of nitrogens with zero attached hydrogens (tertiary/aromatic N) is 1. The second-order valence-electron chi connectivity index (χ2n) is 6.39. The molecule has 0 bridgehead atoms. The number of rotatable bonds is 5. The van der Waals surface area contributed by atoms with Gasteiger partial charge in [0.2, 0.25) is 0 Å². The highest BCUT2D eigenvalue weighted by molar-refractivity contribution is 5.36. The summed E-state index contributed by atoms with van der Waals surface area (Å²) in [4.78, 5) is 2.62. The molecule has 1 saturated heterocycles. The average Bonchev–Trinajstić information content (AvgIpc) is 2.44. The Morgan fingerprint density at radius 2 is 1.70 bits per heavy atom. The quantitative estimate of drug-likeness (QED) is 0.885. The Morgan fingerprint density at radius 1 is 1.05 bits per heavy atom. The van der Waals surface area contributed by atoms with Crippen LogP contribution in [0.15, 0.2) is 12.1 Å². The fourth-order valence-electron chi connectivity index (χ4n) is 3.13. The van der Waals surface area contributed by atoms with E-state index in [2.05, 4.69) is 50.0 Å². The van der Waals surface area contributed by atoms with Crippen molar-refractivity contribution < 1.29 is 0 Å². The minimum Gasteiger partial charge on any atom is -0.317 e. The van der Waals surface area contributed by atoms with E-state index >= 15 is 0 Å². The maximum Gasteiger partial charge on any atom is 0.0236 e. The van der Waals surface area contributed by atoms with Crippen LogP contribution in [0, 0.1) is 26.7 Å². The molecule has 0 atom stereocenters. The van der Waals surface area contributed by atoms with Crippen molar-refractivity contribution in [3.63, 3.8) is 0 Å². The Balaban J connectivity index is 1.88. The van der Waals surface area contributed by atoms with Gasteiger partial charge in [0.1, 0.15) is 0 Å². The summed E-state index contributed by atoms with van der Waals surface area (Å²) in [5.74, 6) is 0.882. The normalized spacial score (nSPS) is 17.6. The number of piperidine rings is 1. The molecule has 0 radical (unpaired) electrons. The van der Waals surface area contributed by atoms with Crippen molar-refractivity contribution in [1.82, 2.24) is 10.2 Å². The van der Waals surface area contributed by atoms with Crippen molar-refractivity contribution in [1.29, 1.82) is 0 Å². The van der Waals surface area contributed by atoms with Gasteiger partial charge in [-0.2, -0.15) is 0 Å². The topological polar surface area (TPSA) is 15.3 Å². The Morgan fingerprint density at radius 3 is 2.35 bits per heavy atom. The first kappa shape index (κ1) is 15.5. The fourth-order valence-corrected chi connectivity index (χ4v) is 3.13. The molecule has 0 unspecified atom stereocenters. The van der Waals surface area contributed by atoms with Crippen molar-refractivity contribution >= 4 is 0 Å². The summed E-state index contributed by atoms with van der Waals surface area (Å²) >= 11 is 0. The van der Waals surface area contributed by atoms with Gasteiger partial charge in [-0.05, 0) is 88.0 Å². The zero-order valence-corrected chi connectivity index (χ0v) is 13.6. The van der Waals surface area contributed by atoms with Crippen LogP contribution in [0.5, 0.6) is 0 Å². The smallest absolute Gasteiger partial charge is 0.0236 e. The first-order chi connectivity index (χ1) is 9.60. The van der Waals surface area contributed by atoms with Gasteiger partial charge in [0, 0.05) is 6.54 Å².